The molecule has 0 heterocycles. The number of nitro benzene ring substituents is 1. The highest BCUT2D eigenvalue weighted by atomic mass is 32.1. The molecule has 0 aliphatic heterocycles. The minimum Gasteiger partial charge on any atom is -0.445 e. The Morgan fingerprint density at radius 1 is 1.44 bits per heavy atom. The SMILES string of the molecule is CC(C)(S)NC(=O)OCc1ccc([N+](=O)[O-])cc1. The predicted octanol–water partition coefficient (Wildman–Crippen LogP) is 2.49. The zero-order valence-electron chi connectivity index (χ0n) is 10.0. The van der Waals surface area contributed by atoms with Gasteiger partial charge in [0.25, 0.3) is 5.69 Å². The van der Waals surface area contributed by atoms with Crippen LogP contribution in [0.2, 0.25) is 0 Å². The minimum absolute atomic E-state index is 0.000284. The van der Waals surface area contributed by atoms with Gasteiger partial charge in [-0.25, -0.2) is 4.79 Å². The number of amides is 1. The summed E-state index contributed by atoms with van der Waals surface area (Å²) < 4.78 is 4.94. The third-order valence-electron chi connectivity index (χ3n) is 1.93. The van der Waals surface area contributed by atoms with Gasteiger partial charge in [0.2, 0.25) is 0 Å². The van der Waals surface area contributed by atoms with Crippen LogP contribution in [0.1, 0.15) is 19.4 Å². The van der Waals surface area contributed by atoms with Gasteiger partial charge < -0.3 is 10.1 Å². The normalized spacial score (nSPS) is 10.8. The summed E-state index contributed by atoms with van der Waals surface area (Å²) in [6, 6.07) is 5.80. The highest BCUT2D eigenvalue weighted by molar-refractivity contribution is 7.81. The lowest BCUT2D eigenvalue weighted by atomic mass is 10.2. The van der Waals surface area contributed by atoms with Crippen LogP contribution in [0.4, 0.5) is 10.5 Å². The van der Waals surface area contributed by atoms with Crippen molar-refractivity contribution in [3.63, 3.8) is 0 Å². The third kappa shape index (κ3) is 5.05. The Bertz CT molecular complexity index is 439. The molecule has 0 unspecified atom stereocenters. The van der Waals surface area contributed by atoms with Crippen molar-refractivity contribution in [2.75, 3.05) is 0 Å². The number of thiol groups is 1. The number of rotatable bonds is 4. The molecule has 1 aromatic carbocycles. The first-order valence-corrected chi connectivity index (χ1v) is 5.63. The Morgan fingerprint density at radius 3 is 2.44 bits per heavy atom. The summed E-state index contributed by atoms with van der Waals surface area (Å²) in [6.45, 7) is 3.47. The standard InChI is InChI=1S/C11H14N2O4S/c1-11(2,18)12-10(14)17-7-8-3-5-9(6-4-8)13(15)16/h3-6,18H,7H2,1-2H3,(H,12,14). The van der Waals surface area contributed by atoms with Crippen LogP contribution in [0.5, 0.6) is 0 Å². The molecule has 18 heavy (non-hydrogen) atoms. The smallest absolute Gasteiger partial charge is 0.408 e. The van der Waals surface area contributed by atoms with E-state index in [1.165, 1.54) is 24.3 Å². The first-order chi connectivity index (χ1) is 8.28. The molecule has 0 saturated carbocycles. The van der Waals surface area contributed by atoms with Gasteiger partial charge >= 0.3 is 6.09 Å². The number of ether oxygens (including phenoxy) is 1. The van der Waals surface area contributed by atoms with Crippen molar-refractivity contribution in [2.24, 2.45) is 0 Å². The van der Waals surface area contributed by atoms with Crippen molar-refractivity contribution < 1.29 is 14.5 Å². The van der Waals surface area contributed by atoms with Crippen LogP contribution >= 0.6 is 12.6 Å². The quantitative estimate of drug-likeness (QED) is 0.381. The molecule has 0 atom stereocenters. The monoisotopic (exact) mass is 270 g/mol. The molecule has 0 aliphatic rings. The van der Waals surface area contributed by atoms with Crippen molar-refractivity contribution in [3.8, 4) is 0 Å². The van der Waals surface area contributed by atoms with Gasteiger partial charge in [-0.1, -0.05) is 0 Å². The largest absolute Gasteiger partial charge is 0.445 e. The van der Waals surface area contributed by atoms with Gasteiger partial charge in [-0.3, -0.25) is 10.1 Å². The molecule has 0 fully saturated rings. The Labute approximate surface area is 110 Å². The van der Waals surface area contributed by atoms with E-state index in [-0.39, 0.29) is 12.3 Å². The van der Waals surface area contributed by atoms with Gasteiger partial charge in [0.1, 0.15) is 6.61 Å². The first kappa shape index (κ1) is 14.3. The summed E-state index contributed by atoms with van der Waals surface area (Å²) in [5, 5.41) is 13.0. The van der Waals surface area contributed by atoms with Crippen LogP contribution in [0.25, 0.3) is 0 Å². The fourth-order valence-corrected chi connectivity index (χ4v) is 1.24. The number of nitrogens with one attached hydrogen (secondary N) is 1. The molecule has 0 aliphatic carbocycles. The van der Waals surface area contributed by atoms with Crippen molar-refractivity contribution in [3.05, 3.63) is 39.9 Å². The number of alkyl carbamates (subject to hydrolysis) is 1. The molecule has 1 amide bonds. The Balaban J connectivity index is 2.49. The maximum absolute atomic E-state index is 11.3. The minimum atomic E-state index is -0.660. The number of benzene rings is 1. The van der Waals surface area contributed by atoms with E-state index in [0.29, 0.717) is 5.56 Å². The van der Waals surface area contributed by atoms with Crippen LogP contribution < -0.4 is 5.32 Å². The van der Waals surface area contributed by atoms with Crippen LogP contribution in [-0.2, 0) is 11.3 Å². The number of hydrogen-bond donors (Lipinski definition) is 2. The molecule has 7 heteroatoms. The molecule has 0 spiro atoms. The van der Waals surface area contributed by atoms with Crippen LogP contribution in [0, 0.1) is 10.1 Å². The van der Waals surface area contributed by atoms with Gasteiger partial charge in [-0.15, -0.1) is 0 Å². The molecule has 1 rings (SSSR count). The average molecular weight is 270 g/mol. The molecule has 1 N–H and O–H groups in total. The molecule has 1 aromatic rings. The number of nitro groups is 1. The third-order valence-corrected chi connectivity index (χ3v) is 2.04. The summed E-state index contributed by atoms with van der Waals surface area (Å²) in [5.41, 5.74) is 0.674. The molecule has 0 saturated heterocycles. The van der Waals surface area contributed by atoms with Crippen LogP contribution in [0.3, 0.4) is 0 Å². The fourth-order valence-electron chi connectivity index (χ4n) is 1.15. The maximum atomic E-state index is 11.3. The highest BCUT2D eigenvalue weighted by Crippen LogP contribution is 2.13. The van der Waals surface area contributed by atoms with Crippen LogP contribution in [0.15, 0.2) is 24.3 Å². The van der Waals surface area contributed by atoms with E-state index in [0.717, 1.165) is 0 Å². The molecule has 0 aromatic heterocycles. The van der Waals surface area contributed by atoms with Crippen molar-refractivity contribution in [1.29, 1.82) is 0 Å². The predicted molar refractivity (Wildman–Crippen MR) is 69.5 cm³/mol. The summed E-state index contributed by atoms with van der Waals surface area (Å²) in [4.78, 5) is 20.6. The van der Waals surface area contributed by atoms with Crippen molar-refractivity contribution in [1.82, 2.24) is 5.32 Å². The van der Waals surface area contributed by atoms with E-state index < -0.39 is 15.9 Å². The van der Waals surface area contributed by atoms with E-state index in [1.54, 1.807) is 13.8 Å². The second-order valence-electron chi connectivity index (χ2n) is 4.18. The molecule has 6 nitrogen and oxygen atoms in total. The maximum Gasteiger partial charge on any atom is 0.408 e. The molecule has 0 radical (unpaired) electrons. The van der Waals surface area contributed by atoms with Crippen molar-refractivity contribution in [2.45, 2.75) is 25.3 Å². The van der Waals surface area contributed by atoms with E-state index in [2.05, 4.69) is 17.9 Å². The van der Waals surface area contributed by atoms with Crippen molar-refractivity contribution >= 4 is 24.4 Å². The van der Waals surface area contributed by atoms with Gasteiger partial charge in [0.15, 0.2) is 0 Å². The number of nitrogens with zero attached hydrogens (tertiary/aromatic N) is 1. The van der Waals surface area contributed by atoms with E-state index in [4.69, 9.17) is 4.74 Å². The Hall–Kier alpha value is -1.76. The molecular formula is C11H14N2O4S. The number of hydrogen-bond acceptors (Lipinski definition) is 5. The second-order valence-corrected chi connectivity index (χ2v) is 5.30. The first-order valence-electron chi connectivity index (χ1n) is 5.18. The van der Waals surface area contributed by atoms with Gasteiger partial charge in [0, 0.05) is 12.1 Å². The molecule has 0 bridgehead atoms. The summed E-state index contributed by atoms with van der Waals surface area (Å²) in [5.74, 6) is 0. The summed E-state index contributed by atoms with van der Waals surface area (Å²) in [7, 11) is 0. The zero-order chi connectivity index (χ0) is 13.8. The van der Waals surface area contributed by atoms with Gasteiger partial charge in [0.05, 0.1) is 9.79 Å². The number of carbonyl (C=O) groups excluding carboxylic acids is 1. The molecule has 98 valence electrons. The topological polar surface area (TPSA) is 81.5 Å². The lowest BCUT2D eigenvalue weighted by Gasteiger charge is -2.18. The summed E-state index contributed by atoms with van der Waals surface area (Å²) in [6.07, 6.45) is -0.589. The summed E-state index contributed by atoms with van der Waals surface area (Å²) >= 11 is 4.12. The van der Waals surface area contributed by atoms with Crippen LogP contribution in [-0.4, -0.2) is 15.9 Å². The Kier molecular flexibility index (Phi) is 4.55. The zero-order valence-corrected chi connectivity index (χ0v) is 10.9. The second kappa shape index (κ2) is 5.72. The highest BCUT2D eigenvalue weighted by Gasteiger charge is 2.15. The number of carbonyl (C=O) groups is 1. The number of non-ortho nitro benzene ring substituents is 1. The lowest BCUT2D eigenvalue weighted by molar-refractivity contribution is -0.384. The van der Waals surface area contributed by atoms with Gasteiger partial charge in [-0.2, -0.15) is 12.6 Å². The van der Waals surface area contributed by atoms with E-state index >= 15 is 0 Å². The van der Waals surface area contributed by atoms with Gasteiger partial charge in [-0.05, 0) is 31.5 Å². The molecular weight excluding hydrogens is 256 g/mol. The Morgan fingerprint density at radius 2 is 2.00 bits per heavy atom. The fraction of sp³-hybridized carbons (Fsp3) is 0.364. The van der Waals surface area contributed by atoms with E-state index in [9.17, 15) is 14.9 Å². The van der Waals surface area contributed by atoms with E-state index in [1.807, 2.05) is 0 Å². The lowest BCUT2D eigenvalue weighted by Crippen LogP contribution is -2.38. The average Bonchev–Trinajstić information content (AvgIpc) is 2.24.